The summed E-state index contributed by atoms with van der Waals surface area (Å²) in [6, 6.07) is 4.97. The van der Waals surface area contributed by atoms with E-state index < -0.39 is 23.0 Å². The van der Waals surface area contributed by atoms with Crippen LogP contribution in [0.5, 0.6) is 0 Å². The van der Waals surface area contributed by atoms with Crippen molar-refractivity contribution in [3.63, 3.8) is 0 Å². The number of halogens is 3. The van der Waals surface area contributed by atoms with E-state index in [-0.39, 0.29) is 46.3 Å². The van der Waals surface area contributed by atoms with Crippen LogP contribution in [-0.2, 0) is 11.2 Å². The van der Waals surface area contributed by atoms with Gasteiger partial charge in [0.25, 0.3) is 5.56 Å². The first kappa shape index (κ1) is 19.5. The number of carbonyl (C=O) groups is 1. The number of benzene rings is 1. The fraction of sp³-hybridized carbons (Fsp3) is 0.261. The molecule has 0 spiro atoms. The molecule has 2 atom stereocenters. The third kappa shape index (κ3) is 3.13. The average molecular weight is 425 g/mol. The number of nitrogens with zero attached hydrogens (tertiary/aromatic N) is 2. The maximum absolute atomic E-state index is 14.4. The number of amides is 1. The number of H-pyrrole nitrogens is 1. The van der Waals surface area contributed by atoms with Crippen molar-refractivity contribution in [2.45, 2.75) is 25.8 Å². The van der Waals surface area contributed by atoms with Crippen molar-refractivity contribution in [1.82, 2.24) is 14.9 Å². The Morgan fingerprint density at radius 1 is 1.23 bits per heavy atom. The van der Waals surface area contributed by atoms with Crippen LogP contribution in [0.15, 0.2) is 41.3 Å². The maximum Gasteiger partial charge on any atom is 0.252 e. The summed E-state index contributed by atoms with van der Waals surface area (Å²) in [5.41, 5.74) is 1.54. The van der Waals surface area contributed by atoms with Crippen LogP contribution in [0.4, 0.5) is 13.2 Å². The average Bonchev–Trinajstić information content (AvgIpc) is 3.35. The van der Waals surface area contributed by atoms with Crippen molar-refractivity contribution in [1.29, 1.82) is 0 Å². The Hall–Kier alpha value is -3.42. The Bertz CT molecular complexity index is 1310. The van der Waals surface area contributed by atoms with Crippen molar-refractivity contribution < 1.29 is 18.0 Å². The summed E-state index contributed by atoms with van der Waals surface area (Å²) < 4.78 is 41.3. The molecule has 1 aromatic carbocycles. The van der Waals surface area contributed by atoms with Gasteiger partial charge in [-0.1, -0.05) is 6.08 Å². The standard InChI is InChI=1S/C23H18F3N3O2/c1-11-14(23(31)28-18-5-3-16(25)22(26)21(11)18)8-20(30)29-10-12-6-15(19(29)7-12)17-4-2-13(24)9-27-17/h2-6,9,12,19H,7-8,10H2,1H3,(H,28,31)/t12-,19-/m1/s1. The molecule has 158 valence electrons. The maximum atomic E-state index is 14.4. The van der Waals surface area contributed by atoms with Crippen molar-refractivity contribution >= 4 is 22.4 Å². The Kier molecular flexibility index (Phi) is 4.46. The van der Waals surface area contributed by atoms with Crippen LogP contribution >= 0.6 is 0 Å². The number of aromatic amines is 1. The molecule has 3 heterocycles. The number of fused-ring (bicyclic) bond motifs is 3. The van der Waals surface area contributed by atoms with Gasteiger partial charge < -0.3 is 9.88 Å². The number of nitrogens with one attached hydrogen (secondary N) is 1. The predicted molar refractivity (Wildman–Crippen MR) is 109 cm³/mol. The molecule has 1 saturated heterocycles. The minimum absolute atomic E-state index is 0.0264. The highest BCUT2D eigenvalue weighted by atomic mass is 19.2. The molecule has 1 fully saturated rings. The Morgan fingerprint density at radius 3 is 2.74 bits per heavy atom. The molecule has 2 aromatic heterocycles. The van der Waals surface area contributed by atoms with E-state index in [4.69, 9.17) is 0 Å². The molecule has 31 heavy (non-hydrogen) atoms. The summed E-state index contributed by atoms with van der Waals surface area (Å²) in [4.78, 5) is 34.1. The van der Waals surface area contributed by atoms with Gasteiger partial charge in [-0.25, -0.2) is 13.2 Å². The van der Waals surface area contributed by atoms with Gasteiger partial charge in [0, 0.05) is 17.5 Å². The second kappa shape index (κ2) is 7.08. The second-order valence-electron chi connectivity index (χ2n) is 8.06. The van der Waals surface area contributed by atoms with Crippen molar-refractivity contribution in [2.75, 3.05) is 6.54 Å². The van der Waals surface area contributed by atoms with E-state index in [0.29, 0.717) is 12.2 Å². The summed E-state index contributed by atoms with van der Waals surface area (Å²) in [5, 5.41) is -0.0264. The summed E-state index contributed by atoms with van der Waals surface area (Å²) in [7, 11) is 0. The normalized spacial score (nSPS) is 19.9. The molecule has 0 unspecified atom stereocenters. The van der Waals surface area contributed by atoms with Gasteiger partial charge in [0.05, 0.1) is 29.9 Å². The van der Waals surface area contributed by atoms with Gasteiger partial charge in [0.2, 0.25) is 5.91 Å². The Labute approximate surface area is 175 Å². The first-order valence-corrected chi connectivity index (χ1v) is 9.96. The molecular formula is C23H18F3N3O2. The second-order valence-corrected chi connectivity index (χ2v) is 8.06. The van der Waals surface area contributed by atoms with Crippen molar-refractivity contribution in [3.8, 4) is 0 Å². The van der Waals surface area contributed by atoms with Crippen molar-refractivity contribution in [2.24, 2.45) is 5.92 Å². The van der Waals surface area contributed by atoms with E-state index in [9.17, 15) is 22.8 Å². The molecule has 3 aromatic rings. The predicted octanol–water partition coefficient (Wildman–Crippen LogP) is 3.51. The van der Waals surface area contributed by atoms with Crippen LogP contribution in [-0.4, -0.2) is 33.4 Å². The Balaban J connectivity index is 1.45. The fourth-order valence-corrected chi connectivity index (χ4v) is 4.73. The lowest BCUT2D eigenvalue weighted by Gasteiger charge is -2.28. The lowest BCUT2D eigenvalue weighted by molar-refractivity contribution is -0.130. The van der Waals surface area contributed by atoms with Gasteiger partial charge in [-0.15, -0.1) is 0 Å². The minimum Gasteiger partial charge on any atom is -0.335 e. The zero-order chi connectivity index (χ0) is 21.9. The summed E-state index contributed by atoms with van der Waals surface area (Å²) >= 11 is 0. The molecule has 1 amide bonds. The summed E-state index contributed by atoms with van der Waals surface area (Å²) in [6.45, 7) is 2.04. The first-order valence-electron chi connectivity index (χ1n) is 9.96. The first-order chi connectivity index (χ1) is 14.8. The molecule has 5 rings (SSSR count). The van der Waals surface area contributed by atoms with E-state index in [1.165, 1.54) is 19.1 Å². The molecule has 2 aliphatic rings. The number of aryl methyl sites for hydroxylation is 1. The molecule has 2 bridgehead atoms. The molecular weight excluding hydrogens is 407 g/mol. The van der Waals surface area contributed by atoms with Crippen LogP contribution in [0.2, 0.25) is 0 Å². The molecule has 5 nitrogen and oxygen atoms in total. The van der Waals surface area contributed by atoms with Gasteiger partial charge in [-0.05, 0) is 54.7 Å². The molecule has 1 aliphatic carbocycles. The van der Waals surface area contributed by atoms with Crippen LogP contribution < -0.4 is 5.56 Å². The highest BCUT2D eigenvalue weighted by Crippen LogP contribution is 2.41. The van der Waals surface area contributed by atoms with E-state index in [1.54, 1.807) is 11.0 Å². The zero-order valence-electron chi connectivity index (χ0n) is 16.6. The largest absolute Gasteiger partial charge is 0.335 e. The van der Waals surface area contributed by atoms with E-state index >= 15 is 0 Å². The van der Waals surface area contributed by atoms with E-state index in [2.05, 4.69) is 16.0 Å². The number of rotatable bonds is 3. The summed E-state index contributed by atoms with van der Waals surface area (Å²) in [6.07, 6.45) is 3.72. The number of hydrogen-bond acceptors (Lipinski definition) is 3. The number of pyridine rings is 2. The van der Waals surface area contributed by atoms with Crippen molar-refractivity contribution in [3.05, 3.63) is 81.2 Å². The lowest BCUT2D eigenvalue weighted by atomic mass is 10.00. The van der Waals surface area contributed by atoms with Gasteiger partial charge in [0.15, 0.2) is 11.6 Å². The number of carbonyl (C=O) groups excluding carboxylic acids is 1. The smallest absolute Gasteiger partial charge is 0.252 e. The number of likely N-dealkylation sites (tertiary alicyclic amines) is 1. The summed E-state index contributed by atoms with van der Waals surface area (Å²) in [5.74, 6) is -2.61. The Morgan fingerprint density at radius 2 is 2.03 bits per heavy atom. The van der Waals surface area contributed by atoms with Crippen LogP contribution in [0.1, 0.15) is 23.2 Å². The fourth-order valence-electron chi connectivity index (χ4n) is 4.73. The molecule has 0 radical (unpaired) electrons. The van der Waals surface area contributed by atoms with Crippen LogP contribution in [0.25, 0.3) is 16.5 Å². The van der Waals surface area contributed by atoms with E-state index in [0.717, 1.165) is 24.3 Å². The number of hydrogen-bond donors (Lipinski definition) is 1. The van der Waals surface area contributed by atoms with Gasteiger partial charge >= 0.3 is 0 Å². The van der Waals surface area contributed by atoms with Crippen LogP contribution in [0, 0.1) is 30.3 Å². The third-order valence-electron chi connectivity index (χ3n) is 6.22. The molecule has 0 saturated carbocycles. The SMILES string of the molecule is Cc1c(CC(=O)N2C[C@@H]3C=C(c4ccc(F)cn4)[C@H]2C3)c(=O)[nH]c2ccc(F)c(F)c12. The third-order valence-corrected chi connectivity index (χ3v) is 6.22. The molecule has 1 aliphatic heterocycles. The zero-order valence-corrected chi connectivity index (χ0v) is 16.6. The quantitative estimate of drug-likeness (QED) is 0.699. The van der Waals surface area contributed by atoms with E-state index in [1.807, 2.05) is 0 Å². The number of aromatic nitrogens is 2. The molecule has 1 N–H and O–H groups in total. The van der Waals surface area contributed by atoms with Gasteiger partial charge in [0.1, 0.15) is 5.82 Å². The monoisotopic (exact) mass is 425 g/mol. The minimum atomic E-state index is -1.05. The highest BCUT2D eigenvalue weighted by molar-refractivity contribution is 5.88. The highest BCUT2D eigenvalue weighted by Gasteiger charge is 2.42. The van der Waals surface area contributed by atoms with Gasteiger partial charge in [-0.3, -0.25) is 14.6 Å². The lowest BCUT2D eigenvalue weighted by Crippen LogP contribution is -2.39. The topological polar surface area (TPSA) is 66.1 Å². The van der Waals surface area contributed by atoms with Crippen LogP contribution in [0.3, 0.4) is 0 Å². The van der Waals surface area contributed by atoms with Gasteiger partial charge in [-0.2, -0.15) is 0 Å². The molecule has 8 heteroatoms.